The molecule has 0 unspecified atom stereocenters. The minimum Gasteiger partial charge on any atom is -0.494 e. The Bertz CT molecular complexity index is 1280. The first kappa shape index (κ1) is 19.8. The fraction of sp³-hybridized carbons (Fsp3) is 0.0435. The van der Waals surface area contributed by atoms with E-state index in [-0.39, 0.29) is 11.3 Å². The van der Waals surface area contributed by atoms with Crippen LogP contribution in [0.15, 0.2) is 60.7 Å². The molecule has 0 spiro atoms. The van der Waals surface area contributed by atoms with Crippen molar-refractivity contribution >= 4 is 33.4 Å². The number of aromatic nitrogens is 1. The van der Waals surface area contributed by atoms with E-state index < -0.39 is 23.2 Å². The molecule has 0 radical (unpaired) electrons. The van der Waals surface area contributed by atoms with Gasteiger partial charge in [-0.05, 0) is 54.1 Å². The number of hydrogen-bond donors (Lipinski definition) is 0. The highest BCUT2D eigenvalue weighted by Gasteiger charge is 2.11. The number of ketones is 1. The highest BCUT2D eigenvalue weighted by Crippen LogP contribution is 2.33. The minimum atomic E-state index is -0.803. The number of hydrogen-bond acceptors (Lipinski definition) is 4. The maximum atomic E-state index is 13.6. The molecule has 3 nitrogen and oxygen atoms in total. The van der Waals surface area contributed by atoms with Gasteiger partial charge in [0.05, 0.1) is 17.3 Å². The van der Waals surface area contributed by atoms with Crippen molar-refractivity contribution in [2.45, 2.75) is 0 Å². The van der Waals surface area contributed by atoms with Crippen LogP contribution in [-0.4, -0.2) is 17.9 Å². The molecular weight excluding hydrogens is 411 g/mol. The lowest BCUT2D eigenvalue weighted by Crippen LogP contribution is -1.96. The van der Waals surface area contributed by atoms with E-state index in [0.29, 0.717) is 11.1 Å². The first-order valence-electron chi connectivity index (χ1n) is 8.86. The highest BCUT2D eigenvalue weighted by molar-refractivity contribution is 7.21. The third-order valence-electron chi connectivity index (χ3n) is 4.38. The van der Waals surface area contributed by atoms with E-state index in [1.54, 1.807) is 24.3 Å². The Balaban J connectivity index is 1.61. The molecule has 0 atom stereocenters. The van der Waals surface area contributed by atoms with Crippen LogP contribution in [0, 0.1) is 17.5 Å². The topological polar surface area (TPSA) is 39.2 Å². The lowest BCUT2D eigenvalue weighted by atomic mass is 10.1. The molecule has 0 fully saturated rings. The van der Waals surface area contributed by atoms with Gasteiger partial charge in [0, 0.05) is 17.2 Å². The minimum absolute atomic E-state index is 0.0600. The fourth-order valence-electron chi connectivity index (χ4n) is 2.93. The van der Waals surface area contributed by atoms with Crippen LogP contribution in [0.2, 0.25) is 0 Å². The normalized spacial score (nSPS) is 11.3. The summed E-state index contributed by atoms with van der Waals surface area (Å²) in [5.41, 5.74) is 2.17. The van der Waals surface area contributed by atoms with Crippen LogP contribution in [0.4, 0.5) is 13.2 Å². The van der Waals surface area contributed by atoms with Gasteiger partial charge in [-0.25, -0.2) is 18.2 Å². The predicted molar refractivity (Wildman–Crippen MR) is 111 cm³/mol. The molecule has 0 bridgehead atoms. The second-order valence-electron chi connectivity index (χ2n) is 6.45. The van der Waals surface area contributed by atoms with E-state index in [4.69, 9.17) is 4.74 Å². The molecule has 4 aromatic rings. The summed E-state index contributed by atoms with van der Waals surface area (Å²) in [6.45, 7) is 0. The van der Waals surface area contributed by atoms with E-state index in [9.17, 15) is 18.0 Å². The number of ether oxygens (including phenoxy) is 1. The SMILES string of the molecule is COc1cc(-c2nc3ccc(/C=C/C(=O)c4cc(F)cc(F)c4)cc3s2)ccc1F. The van der Waals surface area contributed by atoms with Gasteiger partial charge < -0.3 is 4.74 Å². The van der Waals surface area contributed by atoms with Gasteiger partial charge in [0.25, 0.3) is 0 Å². The molecule has 30 heavy (non-hydrogen) atoms. The first-order chi connectivity index (χ1) is 14.4. The van der Waals surface area contributed by atoms with Crippen LogP contribution in [0.5, 0.6) is 5.75 Å². The predicted octanol–water partition coefficient (Wildman–Crippen LogP) is 6.29. The molecule has 0 aliphatic carbocycles. The molecular formula is C23H14F3NO2S. The molecule has 7 heteroatoms. The van der Waals surface area contributed by atoms with Crippen molar-refractivity contribution in [1.29, 1.82) is 0 Å². The molecule has 3 aromatic carbocycles. The largest absolute Gasteiger partial charge is 0.494 e. The average Bonchev–Trinajstić information content (AvgIpc) is 3.15. The molecule has 0 amide bonds. The van der Waals surface area contributed by atoms with Gasteiger partial charge in [-0.3, -0.25) is 4.79 Å². The number of nitrogens with zero attached hydrogens (tertiary/aromatic N) is 1. The van der Waals surface area contributed by atoms with Gasteiger partial charge in [-0.2, -0.15) is 0 Å². The monoisotopic (exact) mass is 425 g/mol. The zero-order valence-electron chi connectivity index (χ0n) is 15.7. The standard InChI is InChI=1S/C23H14F3NO2S/c1-29-21-11-14(4-5-18(21)26)23-27-19-6-2-13(8-22(19)30-23)3-7-20(28)15-9-16(24)12-17(25)10-15/h2-12H,1H3/b7-3+. The molecule has 0 aliphatic heterocycles. The second kappa shape index (κ2) is 8.12. The summed E-state index contributed by atoms with van der Waals surface area (Å²) in [6.07, 6.45) is 2.84. The van der Waals surface area contributed by atoms with Gasteiger partial charge in [-0.15, -0.1) is 11.3 Å². The molecule has 0 saturated heterocycles. The van der Waals surface area contributed by atoms with E-state index in [1.807, 2.05) is 12.1 Å². The summed E-state index contributed by atoms with van der Waals surface area (Å²) in [4.78, 5) is 16.7. The summed E-state index contributed by atoms with van der Waals surface area (Å²) >= 11 is 1.42. The Morgan fingerprint density at radius 2 is 1.77 bits per heavy atom. The van der Waals surface area contributed by atoms with Crippen molar-refractivity contribution in [3.8, 4) is 16.3 Å². The second-order valence-corrected chi connectivity index (χ2v) is 7.48. The Morgan fingerprint density at radius 3 is 2.50 bits per heavy atom. The smallest absolute Gasteiger partial charge is 0.186 e. The van der Waals surface area contributed by atoms with Gasteiger partial charge in [-0.1, -0.05) is 12.1 Å². The number of carbonyl (C=O) groups excluding carboxylic acids is 1. The average molecular weight is 425 g/mol. The van der Waals surface area contributed by atoms with E-state index in [2.05, 4.69) is 4.98 Å². The number of benzene rings is 3. The number of halogens is 3. The Hall–Kier alpha value is -3.45. The zero-order chi connectivity index (χ0) is 21.3. The molecule has 0 saturated carbocycles. The summed E-state index contributed by atoms with van der Waals surface area (Å²) in [5, 5.41) is 0.704. The number of allylic oxidation sites excluding steroid dienone is 1. The van der Waals surface area contributed by atoms with E-state index in [0.717, 1.165) is 33.5 Å². The number of carbonyl (C=O) groups is 1. The Kier molecular flexibility index (Phi) is 5.37. The van der Waals surface area contributed by atoms with Crippen LogP contribution < -0.4 is 4.74 Å². The van der Waals surface area contributed by atoms with Crippen LogP contribution >= 0.6 is 11.3 Å². The third kappa shape index (κ3) is 4.11. The number of methoxy groups -OCH3 is 1. The molecule has 0 aliphatic rings. The molecule has 0 N–H and O–H groups in total. The van der Waals surface area contributed by atoms with Gasteiger partial charge in [0.2, 0.25) is 0 Å². The lowest BCUT2D eigenvalue weighted by molar-refractivity contribution is 0.104. The maximum absolute atomic E-state index is 13.6. The van der Waals surface area contributed by atoms with Crippen LogP contribution in [0.3, 0.4) is 0 Å². The summed E-state index contributed by atoms with van der Waals surface area (Å²) in [6, 6.07) is 12.7. The van der Waals surface area contributed by atoms with Crippen LogP contribution in [0.25, 0.3) is 26.9 Å². The zero-order valence-corrected chi connectivity index (χ0v) is 16.5. The molecule has 4 rings (SSSR count). The fourth-order valence-corrected chi connectivity index (χ4v) is 3.94. The Labute approximate surface area is 174 Å². The van der Waals surface area contributed by atoms with Crippen molar-refractivity contribution in [2.24, 2.45) is 0 Å². The number of fused-ring (bicyclic) bond motifs is 1. The number of thiazole rings is 1. The quantitative estimate of drug-likeness (QED) is 0.279. The number of rotatable bonds is 5. The van der Waals surface area contributed by atoms with Crippen molar-refractivity contribution in [1.82, 2.24) is 4.98 Å². The van der Waals surface area contributed by atoms with E-state index in [1.165, 1.54) is 30.6 Å². The third-order valence-corrected chi connectivity index (χ3v) is 5.45. The van der Waals surface area contributed by atoms with Crippen molar-refractivity contribution < 1.29 is 22.7 Å². The maximum Gasteiger partial charge on any atom is 0.186 e. The first-order valence-corrected chi connectivity index (χ1v) is 9.67. The van der Waals surface area contributed by atoms with Crippen molar-refractivity contribution in [2.75, 3.05) is 7.11 Å². The van der Waals surface area contributed by atoms with Crippen LogP contribution in [-0.2, 0) is 0 Å². The molecule has 1 aromatic heterocycles. The molecule has 150 valence electrons. The Morgan fingerprint density at radius 1 is 1.00 bits per heavy atom. The lowest BCUT2D eigenvalue weighted by Gasteiger charge is -2.03. The van der Waals surface area contributed by atoms with Gasteiger partial charge >= 0.3 is 0 Å². The summed E-state index contributed by atoms with van der Waals surface area (Å²) < 4.78 is 46.1. The van der Waals surface area contributed by atoms with Gasteiger partial charge in [0.15, 0.2) is 17.3 Å². The van der Waals surface area contributed by atoms with Crippen molar-refractivity contribution in [3.05, 3.63) is 89.3 Å². The van der Waals surface area contributed by atoms with Crippen LogP contribution in [0.1, 0.15) is 15.9 Å². The highest BCUT2D eigenvalue weighted by atomic mass is 32.1. The van der Waals surface area contributed by atoms with E-state index >= 15 is 0 Å². The summed E-state index contributed by atoms with van der Waals surface area (Å²) in [5.74, 6) is -2.41. The summed E-state index contributed by atoms with van der Waals surface area (Å²) in [7, 11) is 1.40. The van der Waals surface area contributed by atoms with Gasteiger partial charge in [0.1, 0.15) is 16.6 Å². The molecule has 1 heterocycles. The van der Waals surface area contributed by atoms with Crippen molar-refractivity contribution in [3.63, 3.8) is 0 Å².